The average molecular weight is 270 g/mol. The molecule has 1 saturated carbocycles. The van der Waals surface area contributed by atoms with Crippen LogP contribution in [-0.2, 0) is 0 Å². The minimum Gasteiger partial charge on any atom is -0.368 e. The molecule has 0 amide bonds. The first-order chi connectivity index (χ1) is 7.26. The van der Waals surface area contributed by atoms with Crippen molar-refractivity contribution in [3.05, 3.63) is 17.0 Å². The zero-order chi connectivity index (χ0) is 10.7. The number of nitrogens with zero attached hydrogens (tertiary/aromatic N) is 2. The summed E-state index contributed by atoms with van der Waals surface area (Å²) >= 11 is 3.44. The lowest BCUT2D eigenvalue weighted by Crippen LogP contribution is -2.16. The molecule has 1 fully saturated rings. The van der Waals surface area contributed by atoms with Crippen LogP contribution in [0.2, 0.25) is 0 Å². The molecular formula is C11H16BrN3. The molecule has 1 aromatic heterocycles. The predicted octanol–water partition coefficient (Wildman–Crippen LogP) is 3.23. The fourth-order valence-electron chi connectivity index (χ4n) is 1.94. The Balaban J connectivity index is 1.91. The second-order valence-corrected chi connectivity index (χ2v) is 5.18. The van der Waals surface area contributed by atoms with Gasteiger partial charge in [0.05, 0.1) is 4.47 Å². The Morgan fingerprint density at radius 1 is 1.53 bits per heavy atom. The summed E-state index contributed by atoms with van der Waals surface area (Å²) in [7, 11) is 0. The summed E-state index contributed by atoms with van der Waals surface area (Å²) in [6, 6.07) is 0. The molecule has 0 bridgehead atoms. The molecule has 0 aromatic carbocycles. The summed E-state index contributed by atoms with van der Waals surface area (Å²) in [4.78, 5) is 8.14. The van der Waals surface area contributed by atoms with Crippen LogP contribution in [0.25, 0.3) is 0 Å². The first-order valence-electron chi connectivity index (χ1n) is 5.45. The van der Waals surface area contributed by atoms with E-state index in [9.17, 15) is 0 Å². The van der Waals surface area contributed by atoms with Crippen LogP contribution in [0, 0.1) is 5.41 Å². The van der Waals surface area contributed by atoms with Gasteiger partial charge in [-0.25, -0.2) is 9.97 Å². The van der Waals surface area contributed by atoms with Gasteiger partial charge in [0, 0.05) is 12.7 Å². The van der Waals surface area contributed by atoms with Crippen molar-refractivity contribution in [1.29, 1.82) is 0 Å². The van der Waals surface area contributed by atoms with E-state index in [0.29, 0.717) is 5.41 Å². The van der Waals surface area contributed by atoms with Gasteiger partial charge < -0.3 is 5.32 Å². The lowest BCUT2D eigenvalue weighted by atomic mass is 10.0. The van der Waals surface area contributed by atoms with Crippen molar-refractivity contribution in [3.8, 4) is 0 Å². The SMILES string of the molecule is CCCC1(CNc2ncncc2Br)CC1. The topological polar surface area (TPSA) is 37.8 Å². The molecule has 0 spiro atoms. The van der Waals surface area contributed by atoms with E-state index >= 15 is 0 Å². The Hall–Kier alpha value is -0.640. The van der Waals surface area contributed by atoms with Crippen molar-refractivity contribution in [2.75, 3.05) is 11.9 Å². The molecule has 82 valence electrons. The second-order valence-electron chi connectivity index (χ2n) is 4.32. The van der Waals surface area contributed by atoms with Gasteiger partial charge in [0.2, 0.25) is 0 Å². The average Bonchev–Trinajstić information content (AvgIpc) is 2.98. The Morgan fingerprint density at radius 3 is 2.93 bits per heavy atom. The van der Waals surface area contributed by atoms with E-state index in [1.54, 1.807) is 12.5 Å². The van der Waals surface area contributed by atoms with Crippen LogP contribution in [0.5, 0.6) is 0 Å². The molecule has 1 heterocycles. The van der Waals surface area contributed by atoms with Gasteiger partial charge in [-0.2, -0.15) is 0 Å². The van der Waals surface area contributed by atoms with Gasteiger partial charge in [-0.1, -0.05) is 13.3 Å². The molecule has 1 aliphatic rings. The van der Waals surface area contributed by atoms with Crippen LogP contribution in [0.4, 0.5) is 5.82 Å². The molecular weight excluding hydrogens is 254 g/mol. The number of aromatic nitrogens is 2. The van der Waals surface area contributed by atoms with Crippen LogP contribution < -0.4 is 5.32 Å². The van der Waals surface area contributed by atoms with Gasteiger partial charge in [0.25, 0.3) is 0 Å². The zero-order valence-corrected chi connectivity index (χ0v) is 10.5. The normalized spacial score (nSPS) is 17.5. The highest BCUT2D eigenvalue weighted by Crippen LogP contribution is 2.49. The summed E-state index contributed by atoms with van der Waals surface area (Å²) in [5.41, 5.74) is 0.555. The molecule has 15 heavy (non-hydrogen) atoms. The van der Waals surface area contributed by atoms with E-state index in [2.05, 4.69) is 38.1 Å². The van der Waals surface area contributed by atoms with Crippen molar-refractivity contribution >= 4 is 21.7 Å². The van der Waals surface area contributed by atoms with E-state index in [1.165, 1.54) is 25.7 Å². The van der Waals surface area contributed by atoms with Gasteiger partial charge in [-0.15, -0.1) is 0 Å². The molecule has 4 heteroatoms. The maximum atomic E-state index is 4.20. The Morgan fingerprint density at radius 2 is 2.33 bits per heavy atom. The summed E-state index contributed by atoms with van der Waals surface area (Å²) in [6.07, 6.45) is 8.66. The quantitative estimate of drug-likeness (QED) is 0.892. The standard InChI is InChI=1S/C11H16BrN3/c1-2-3-11(4-5-11)7-14-10-9(12)6-13-8-15-10/h6,8H,2-5,7H2,1H3,(H,13,14,15). The second kappa shape index (κ2) is 4.47. The van der Waals surface area contributed by atoms with E-state index in [4.69, 9.17) is 0 Å². The number of anilines is 1. The zero-order valence-electron chi connectivity index (χ0n) is 8.96. The lowest BCUT2D eigenvalue weighted by Gasteiger charge is -2.15. The Kier molecular flexibility index (Phi) is 3.24. The fourth-order valence-corrected chi connectivity index (χ4v) is 2.30. The van der Waals surface area contributed by atoms with Gasteiger partial charge in [-0.3, -0.25) is 0 Å². The number of nitrogens with one attached hydrogen (secondary N) is 1. The lowest BCUT2D eigenvalue weighted by molar-refractivity contribution is 0.485. The molecule has 1 N–H and O–H groups in total. The van der Waals surface area contributed by atoms with Crippen LogP contribution in [0.1, 0.15) is 32.6 Å². The third-order valence-corrected chi connectivity index (χ3v) is 3.62. The van der Waals surface area contributed by atoms with Crippen molar-refractivity contribution in [3.63, 3.8) is 0 Å². The van der Waals surface area contributed by atoms with Gasteiger partial charge >= 0.3 is 0 Å². The number of hydrogen-bond donors (Lipinski definition) is 1. The smallest absolute Gasteiger partial charge is 0.143 e. The maximum Gasteiger partial charge on any atom is 0.143 e. The Labute approximate surface area is 98.8 Å². The highest BCUT2D eigenvalue weighted by molar-refractivity contribution is 9.10. The molecule has 0 saturated heterocycles. The third-order valence-electron chi connectivity index (χ3n) is 3.04. The molecule has 2 rings (SSSR count). The monoisotopic (exact) mass is 269 g/mol. The minimum absolute atomic E-state index is 0.555. The van der Waals surface area contributed by atoms with E-state index in [-0.39, 0.29) is 0 Å². The highest BCUT2D eigenvalue weighted by atomic mass is 79.9. The van der Waals surface area contributed by atoms with Crippen LogP contribution in [-0.4, -0.2) is 16.5 Å². The van der Waals surface area contributed by atoms with Crippen molar-refractivity contribution in [2.45, 2.75) is 32.6 Å². The van der Waals surface area contributed by atoms with E-state index in [1.807, 2.05) is 0 Å². The molecule has 0 atom stereocenters. The summed E-state index contributed by atoms with van der Waals surface area (Å²) in [5.74, 6) is 0.910. The van der Waals surface area contributed by atoms with Crippen LogP contribution in [0.3, 0.4) is 0 Å². The van der Waals surface area contributed by atoms with Gasteiger partial charge in [0.1, 0.15) is 12.1 Å². The fraction of sp³-hybridized carbons (Fsp3) is 0.636. The highest BCUT2D eigenvalue weighted by Gasteiger charge is 2.41. The first-order valence-corrected chi connectivity index (χ1v) is 6.24. The minimum atomic E-state index is 0.555. The van der Waals surface area contributed by atoms with Crippen molar-refractivity contribution < 1.29 is 0 Å². The third kappa shape index (κ3) is 2.68. The number of hydrogen-bond acceptors (Lipinski definition) is 3. The summed E-state index contributed by atoms with van der Waals surface area (Å²) in [6.45, 7) is 3.29. The molecule has 1 aromatic rings. The largest absolute Gasteiger partial charge is 0.368 e. The van der Waals surface area contributed by atoms with Gasteiger partial charge in [0.15, 0.2) is 0 Å². The van der Waals surface area contributed by atoms with Crippen molar-refractivity contribution in [1.82, 2.24) is 9.97 Å². The first kappa shape index (κ1) is 10.9. The molecule has 3 nitrogen and oxygen atoms in total. The van der Waals surface area contributed by atoms with Crippen LogP contribution in [0.15, 0.2) is 17.0 Å². The van der Waals surface area contributed by atoms with Crippen molar-refractivity contribution in [2.24, 2.45) is 5.41 Å². The van der Waals surface area contributed by atoms with Gasteiger partial charge in [-0.05, 0) is 40.6 Å². The molecule has 1 aliphatic carbocycles. The molecule has 0 aliphatic heterocycles. The molecule has 0 unspecified atom stereocenters. The maximum absolute atomic E-state index is 4.20. The summed E-state index contributed by atoms with van der Waals surface area (Å²) in [5, 5.41) is 3.40. The number of halogens is 1. The summed E-state index contributed by atoms with van der Waals surface area (Å²) < 4.78 is 0.942. The predicted molar refractivity (Wildman–Crippen MR) is 64.8 cm³/mol. The van der Waals surface area contributed by atoms with Crippen LogP contribution >= 0.6 is 15.9 Å². The molecule has 0 radical (unpaired) electrons. The number of rotatable bonds is 5. The Bertz CT molecular complexity index is 336. The van der Waals surface area contributed by atoms with E-state index < -0.39 is 0 Å². The van der Waals surface area contributed by atoms with E-state index in [0.717, 1.165) is 16.8 Å².